The Bertz CT molecular complexity index is 626. The first-order valence-corrected chi connectivity index (χ1v) is 7.38. The SMILES string of the molecule is COC(=O)c1ccc(NC(C)CCc2ccccc2)c(N)c1. The molecule has 116 valence electrons. The molecule has 3 N–H and O–H groups in total. The van der Waals surface area contributed by atoms with Gasteiger partial charge in [-0.3, -0.25) is 0 Å². The Morgan fingerprint density at radius 2 is 1.95 bits per heavy atom. The zero-order valence-corrected chi connectivity index (χ0v) is 13.0. The Hall–Kier alpha value is -2.49. The van der Waals surface area contributed by atoms with E-state index in [-0.39, 0.29) is 12.0 Å². The summed E-state index contributed by atoms with van der Waals surface area (Å²) >= 11 is 0. The summed E-state index contributed by atoms with van der Waals surface area (Å²) in [5, 5.41) is 3.39. The summed E-state index contributed by atoms with van der Waals surface area (Å²) in [6.45, 7) is 2.12. The maximum atomic E-state index is 11.5. The topological polar surface area (TPSA) is 64.3 Å². The minimum Gasteiger partial charge on any atom is -0.465 e. The molecule has 1 unspecified atom stereocenters. The van der Waals surface area contributed by atoms with E-state index in [1.165, 1.54) is 12.7 Å². The lowest BCUT2D eigenvalue weighted by molar-refractivity contribution is 0.0601. The average Bonchev–Trinajstić information content (AvgIpc) is 2.55. The van der Waals surface area contributed by atoms with Crippen LogP contribution in [0.25, 0.3) is 0 Å². The van der Waals surface area contributed by atoms with Gasteiger partial charge in [-0.2, -0.15) is 0 Å². The molecule has 4 heteroatoms. The van der Waals surface area contributed by atoms with Gasteiger partial charge in [0.05, 0.1) is 24.0 Å². The molecular formula is C18H22N2O2. The summed E-state index contributed by atoms with van der Waals surface area (Å²) in [6.07, 6.45) is 2.01. The molecule has 0 spiro atoms. The Balaban J connectivity index is 1.94. The van der Waals surface area contributed by atoms with Gasteiger partial charge in [-0.15, -0.1) is 0 Å². The maximum absolute atomic E-state index is 11.5. The summed E-state index contributed by atoms with van der Waals surface area (Å²) in [7, 11) is 1.36. The fourth-order valence-corrected chi connectivity index (χ4v) is 2.30. The predicted molar refractivity (Wildman–Crippen MR) is 90.0 cm³/mol. The van der Waals surface area contributed by atoms with E-state index in [2.05, 4.69) is 41.2 Å². The number of rotatable bonds is 6. The molecule has 1 atom stereocenters. The smallest absolute Gasteiger partial charge is 0.337 e. The number of benzene rings is 2. The van der Waals surface area contributed by atoms with E-state index in [0.29, 0.717) is 11.3 Å². The van der Waals surface area contributed by atoms with Crippen molar-refractivity contribution < 1.29 is 9.53 Å². The molecule has 2 aromatic rings. The van der Waals surface area contributed by atoms with Crippen LogP contribution in [0.3, 0.4) is 0 Å². The van der Waals surface area contributed by atoms with E-state index < -0.39 is 0 Å². The number of ether oxygens (including phenoxy) is 1. The van der Waals surface area contributed by atoms with Crippen LogP contribution in [0.15, 0.2) is 48.5 Å². The summed E-state index contributed by atoms with van der Waals surface area (Å²) in [5.74, 6) is -0.379. The van der Waals surface area contributed by atoms with Crippen molar-refractivity contribution in [3.63, 3.8) is 0 Å². The Kier molecular flexibility index (Phi) is 5.42. The third-order valence-electron chi connectivity index (χ3n) is 3.58. The summed E-state index contributed by atoms with van der Waals surface area (Å²) in [4.78, 5) is 11.5. The lowest BCUT2D eigenvalue weighted by atomic mass is 10.1. The molecule has 0 aromatic heterocycles. The number of nitrogens with two attached hydrogens (primary N) is 1. The van der Waals surface area contributed by atoms with Crippen molar-refractivity contribution in [2.24, 2.45) is 0 Å². The molecule has 0 heterocycles. The van der Waals surface area contributed by atoms with Crippen molar-refractivity contribution in [1.29, 1.82) is 0 Å². The first kappa shape index (κ1) is 15.9. The van der Waals surface area contributed by atoms with Crippen molar-refractivity contribution in [3.05, 3.63) is 59.7 Å². The summed E-state index contributed by atoms with van der Waals surface area (Å²) < 4.78 is 4.68. The maximum Gasteiger partial charge on any atom is 0.337 e. The van der Waals surface area contributed by atoms with Gasteiger partial charge in [-0.25, -0.2) is 4.79 Å². The minimum atomic E-state index is -0.379. The lowest BCUT2D eigenvalue weighted by Crippen LogP contribution is -2.17. The molecule has 0 saturated carbocycles. The molecule has 0 radical (unpaired) electrons. The first-order chi connectivity index (χ1) is 10.6. The lowest BCUT2D eigenvalue weighted by Gasteiger charge is -2.17. The fraction of sp³-hybridized carbons (Fsp3) is 0.278. The highest BCUT2D eigenvalue weighted by atomic mass is 16.5. The largest absolute Gasteiger partial charge is 0.465 e. The Labute approximate surface area is 131 Å². The van der Waals surface area contributed by atoms with Crippen LogP contribution in [0.4, 0.5) is 11.4 Å². The van der Waals surface area contributed by atoms with Crippen molar-refractivity contribution >= 4 is 17.3 Å². The molecular weight excluding hydrogens is 276 g/mol. The van der Waals surface area contributed by atoms with Crippen LogP contribution < -0.4 is 11.1 Å². The molecule has 0 fully saturated rings. The first-order valence-electron chi connectivity index (χ1n) is 7.38. The van der Waals surface area contributed by atoms with Crippen LogP contribution >= 0.6 is 0 Å². The van der Waals surface area contributed by atoms with Crippen LogP contribution in [0.2, 0.25) is 0 Å². The average molecular weight is 298 g/mol. The number of nitrogen functional groups attached to an aromatic ring is 1. The second-order valence-electron chi connectivity index (χ2n) is 5.36. The van der Waals surface area contributed by atoms with Crippen LogP contribution in [0.1, 0.15) is 29.3 Å². The highest BCUT2D eigenvalue weighted by molar-refractivity contribution is 5.91. The monoisotopic (exact) mass is 298 g/mol. The molecule has 2 aromatic carbocycles. The minimum absolute atomic E-state index is 0.284. The normalized spacial score (nSPS) is 11.7. The quantitative estimate of drug-likeness (QED) is 0.633. The molecule has 2 rings (SSSR count). The highest BCUT2D eigenvalue weighted by Crippen LogP contribution is 2.22. The van der Waals surface area contributed by atoms with E-state index in [9.17, 15) is 4.79 Å². The van der Waals surface area contributed by atoms with Crippen molar-refractivity contribution in [3.8, 4) is 0 Å². The Morgan fingerprint density at radius 1 is 1.23 bits per heavy atom. The molecule has 4 nitrogen and oxygen atoms in total. The van der Waals surface area contributed by atoms with Crippen LogP contribution in [-0.2, 0) is 11.2 Å². The zero-order chi connectivity index (χ0) is 15.9. The molecule has 0 bridgehead atoms. The van der Waals surface area contributed by atoms with Gasteiger partial charge in [0.1, 0.15) is 0 Å². The van der Waals surface area contributed by atoms with Gasteiger partial charge in [0, 0.05) is 6.04 Å². The van der Waals surface area contributed by atoms with E-state index in [1.54, 1.807) is 12.1 Å². The van der Waals surface area contributed by atoms with E-state index in [4.69, 9.17) is 5.73 Å². The number of carbonyl (C=O) groups excluding carboxylic acids is 1. The molecule has 0 aliphatic heterocycles. The van der Waals surface area contributed by atoms with Gasteiger partial charge < -0.3 is 15.8 Å². The van der Waals surface area contributed by atoms with Gasteiger partial charge in [0.25, 0.3) is 0 Å². The summed E-state index contributed by atoms with van der Waals surface area (Å²) in [5.41, 5.74) is 9.18. The van der Waals surface area contributed by atoms with Crippen molar-refractivity contribution in [1.82, 2.24) is 0 Å². The third-order valence-corrected chi connectivity index (χ3v) is 3.58. The number of carbonyl (C=O) groups is 1. The van der Waals surface area contributed by atoms with E-state index >= 15 is 0 Å². The third kappa shape index (κ3) is 4.25. The van der Waals surface area contributed by atoms with Gasteiger partial charge in [0.15, 0.2) is 0 Å². The molecule has 0 amide bonds. The molecule has 0 aliphatic rings. The number of hydrogen-bond donors (Lipinski definition) is 2. The van der Waals surface area contributed by atoms with Crippen molar-refractivity contribution in [2.75, 3.05) is 18.2 Å². The number of esters is 1. The second-order valence-corrected chi connectivity index (χ2v) is 5.36. The number of methoxy groups -OCH3 is 1. The van der Waals surface area contributed by atoms with Gasteiger partial charge in [-0.1, -0.05) is 30.3 Å². The van der Waals surface area contributed by atoms with Gasteiger partial charge in [0.2, 0.25) is 0 Å². The number of anilines is 2. The predicted octanol–water partition coefficient (Wildman–Crippen LogP) is 3.49. The summed E-state index contributed by atoms with van der Waals surface area (Å²) in [6, 6.07) is 15.8. The number of nitrogens with one attached hydrogen (secondary N) is 1. The highest BCUT2D eigenvalue weighted by Gasteiger charge is 2.10. The fourth-order valence-electron chi connectivity index (χ4n) is 2.30. The molecule has 0 saturated heterocycles. The van der Waals surface area contributed by atoms with Crippen LogP contribution in [0, 0.1) is 0 Å². The van der Waals surface area contributed by atoms with Crippen molar-refractivity contribution in [2.45, 2.75) is 25.8 Å². The van der Waals surface area contributed by atoms with E-state index in [0.717, 1.165) is 18.5 Å². The van der Waals surface area contributed by atoms with Gasteiger partial charge in [-0.05, 0) is 43.5 Å². The number of hydrogen-bond acceptors (Lipinski definition) is 4. The number of aryl methyl sites for hydroxylation is 1. The standard InChI is InChI=1S/C18H22N2O2/c1-13(8-9-14-6-4-3-5-7-14)20-17-11-10-15(12-16(17)19)18(21)22-2/h3-7,10-13,20H,8-9,19H2,1-2H3. The van der Waals surface area contributed by atoms with Crippen LogP contribution in [0.5, 0.6) is 0 Å². The second kappa shape index (κ2) is 7.50. The molecule has 0 aliphatic carbocycles. The molecule has 22 heavy (non-hydrogen) atoms. The van der Waals surface area contributed by atoms with Gasteiger partial charge >= 0.3 is 5.97 Å². The zero-order valence-electron chi connectivity index (χ0n) is 13.0. The van der Waals surface area contributed by atoms with Crippen LogP contribution in [-0.4, -0.2) is 19.1 Å². The Morgan fingerprint density at radius 3 is 2.59 bits per heavy atom. The van der Waals surface area contributed by atoms with E-state index in [1.807, 2.05) is 12.1 Å².